The number of piperidine rings is 1. The van der Waals surface area contributed by atoms with Crippen molar-refractivity contribution in [2.75, 3.05) is 13.1 Å². The third-order valence-electron chi connectivity index (χ3n) is 3.16. The molecule has 0 unspecified atom stereocenters. The molecule has 1 aromatic rings. The number of nitrogens with zero attached hydrogens (tertiary/aromatic N) is 1. The van der Waals surface area contributed by atoms with Crippen LogP contribution >= 0.6 is 0 Å². The third-order valence-corrected chi connectivity index (χ3v) is 3.16. The van der Waals surface area contributed by atoms with Crippen molar-refractivity contribution in [1.82, 2.24) is 4.90 Å². The Morgan fingerprint density at radius 2 is 2.06 bits per heavy atom. The Morgan fingerprint density at radius 1 is 1.38 bits per heavy atom. The second-order valence-corrected chi connectivity index (χ2v) is 4.20. The second kappa shape index (κ2) is 4.53. The quantitative estimate of drug-likeness (QED) is 0.753. The Hall–Kier alpha value is -1.55. The molecule has 2 atom stereocenters. The van der Waals surface area contributed by atoms with Crippen molar-refractivity contribution in [2.24, 2.45) is 5.73 Å². The summed E-state index contributed by atoms with van der Waals surface area (Å²) in [5, 5.41) is 8.97. The Labute approximate surface area is 94.7 Å². The fourth-order valence-electron chi connectivity index (χ4n) is 2.20. The molecule has 1 amide bonds. The van der Waals surface area contributed by atoms with Crippen LogP contribution in [0, 0.1) is 0 Å². The van der Waals surface area contributed by atoms with E-state index in [1.807, 2.05) is 30.3 Å². The van der Waals surface area contributed by atoms with Crippen molar-refractivity contribution >= 4 is 6.09 Å². The topological polar surface area (TPSA) is 66.6 Å². The lowest BCUT2D eigenvalue weighted by Crippen LogP contribution is -2.47. The number of hydrogen-bond acceptors (Lipinski definition) is 2. The zero-order valence-electron chi connectivity index (χ0n) is 9.04. The molecule has 4 heteroatoms. The van der Waals surface area contributed by atoms with E-state index in [9.17, 15) is 4.79 Å². The molecule has 0 aromatic heterocycles. The molecule has 1 fully saturated rings. The molecule has 4 nitrogen and oxygen atoms in total. The third kappa shape index (κ3) is 2.17. The molecule has 1 aliphatic heterocycles. The lowest BCUT2D eigenvalue weighted by Gasteiger charge is -2.35. The van der Waals surface area contributed by atoms with Crippen LogP contribution in [-0.2, 0) is 0 Å². The predicted molar refractivity (Wildman–Crippen MR) is 61.4 cm³/mol. The summed E-state index contributed by atoms with van der Waals surface area (Å²) in [7, 11) is 0. The highest BCUT2D eigenvalue weighted by molar-refractivity contribution is 5.65. The van der Waals surface area contributed by atoms with Gasteiger partial charge in [-0.3, -0.25) is 0 Å². The lowest BCUT2D eigenvalue weighted by atomic mass is 9.87. The molecule has 0 aliphatic carbocycles. The summed E-state index contributed by atoms with van der Waals surface area (Å²) in [4.78, 5) is 12.4. The number of carbonyl (C=O) groups is 1. The van der Waals surface area contributed by atoms with Crippen LogP contribution in [0.5, 0.6) is 0 Å². The summed E-state index contributed by atoms with van der Waals surface area (Å²) in [5.41, 5.74) is 7.18. The van der Waals surface area contributed by atoms with Crippen molar-refractivity contribution in [2.45, 2.75) is 18.4 Å². The molecule has 2 rings (SSSR count). The average molecular weight is 220 g/mol. The van der Waals surface area contributed by atoms with Gasteiger partial charge >= 0.3 is 6.09 Å². The maximum Gasteiger partial charge on any atom is 0.407 e. The van der Waals surface area contributed by atoms with Crippen LogP contribution in [0.15, 0.2) is 30.3 Å². The van der Waals surface area contributed by atoms with Crippen LogP contribution < -0.4 is 5.73 Å². The Morgan fingerprint density at radius 3 is 2.69 bits per heavy atom. The zero-order chi connectivity index (χ0) is 11.5. The molecule has 0 spiro atoms. The highest BCUT2D eigenvalue weighted by atomic mass is 16.4. The van der Waals surface area contributed by atoms with Gasteiger partial charge in [0.1, 0.15) is 0 Å². The van der Waals surface area contributed by atoms with E-state index in [4.69, 9.17) is 10.8 Å². The van der Waals surface area contributed by atoms with Gasteiger partial charge in [0.15, 0.2) is 0 Å². The van der Waals surface area contributed by atoms with Gasteiger partial charge in [0.2, 0.25) is 0 Å². The summed E-state index contributed by atoms with van der Waals surface area (Å²) in [6.45, 7) is 1.04. The van der Waals surface area contributed by atoms with Crippen molar-refractivity contribution < 1.29 is 9.90 Å². The molecule has 0 radical (unpaired) electrons. The van der Waals surface area contributed by atoms with Crippen molar-refractivity contribution in [3.63, 3.8) is 0 Å². The zero-order valence-corrected chi connectivity index (χ0v) is 9.04. The van der Waals surface area contributed by atoms with E-state index >= 15 is 0 Å². The molecule has 3 N–H and O–H groups in total. The van der Waals surface area contributed by atoms with Crippen molar-refractivity contribution in [3.05, 3.63) is 35.9 Å². The fourth-order valence-corrected chi connectivity index (χ4v) is 2.20. The molecular weight excluding hydrogens is 204 g/mol. The number of amides is 1. The van der Waals surface area contributed by atoms with E-state index in [1.165, 1.54) is 4.90 Å². The Balaban J connectivity index is 2.16. The molecule has 1 saturated heterocycles. The largest absolute Gasteiger partial charge is 0.465 e. The minimum absolute atomic E-state index is 0.0537. The highest BCUT2D eigenvalue weighted by Crippen LogP contribution is 2.25. The Bertz CT molecular complexity index is 367. The van der Waals surface area contributed by atoms with Crippen LogP contribution in [0.1, 0.15) is 17.9 Å². The number of nitrogens with two attached hydrogens (primary N) is 1. The molecule has 0 bridgehead atoms. The fraction of sp³-hybridized carbons (Fsp3) is 0.417. The lowest BCUT2D eigenvalue weighted by molar-refractivity contribution is 0.126. The number of rotatable bonds is 1. The van der Waals surface area contributed by atoms with Gasteiger partial charge in [0.25, 0.3) is 0 Å². The summed E-state index contributed by atoms with van der Waals surface area (Å²) < 4.78 is 0. The van der Waals surface area contributed by atoms with Gasteiger partial charge in [-0.05, 0) is 12.0 Å². The monoisotopic (exact) mass is 220 g/mol. The van der Waals surface area contributed by atoms with E-state index in [2.05, 4.69) is 0 Å². The average Bonchev–Trinajstić information content (AvgIpc) is 2.30. The maximum absolute atomic E-state index is 10.9. The van der Waals surface area contributed by atoms with E-state index < -0.39 is 6.09 Å². The number of carboxylic acid groups (broad SMARTS) is 1. The van der Waals surface area contributed by atoms with Crippen LogP contribution in [0.4, 0.5) is 4.79 Å². The highest BCUT2D eigenvalue weighted by Gasteiger charge is 2.29. The van der Waals surface area contributed by atoms with E-state index in [0.29, 0.717) is 13.1 Å². The molecule has 1 heterocycles. The smallest absolute Gasteiger partial charge is 0.407 e. The van der Waals surface area contributed by atoms with Crippen molar-refractivity contribution in [3.8, 4) is 0 Å². The molecule has 16 heavy (non-hydrogen) atoms. The van der Waals surface area contributed by atoms with Gasteiger partial charge in [-0.1, -0.05) is 30.3 Å². The first-order chi connectivity index (χ1) is 7.68. The first-order valence-corrected chi connectivity index (χ1v) is 5.47. The molecule has 86 valence electrons. The summed E-state index contributed by atoms with van der Waals surface area (Å²) in [6.07, 6.45) is -0.126. The van der Waals surface area contributed by atoms with Crippen LogP contribution in [0.25, 0.3) is 0 Å². The SMILES string of the molecule is N[C@H]1CCN(C(=O)O)C[C@@H]1c1ccccc1. The van der Waals surface area contributed by atoms with Gasteiger partial charge < -0.3 is 15.7 Å². The van der Waals surface area contributed by atoms with Crippen LogP contribution in [-0.4, -0.2) is 35.2 Å². The van der Waals surface area contributed by atoms with Gasteiger partial charge in [-0.25, -0.2) is 4.79 Å². The Kier molecular flexibility index (Phi) is 3.10. The van der Waals surface area contributed by atoms with Crippen molar-refractivity contribution in [1.29, 1.82) is 0 Å². The standard InChI is InChI=1S/C12H16N2O2/c13-11-6-7-14(12(15)16)8-10(11)9-4-2-1-3-5-9/h1-5,10-11H,6-8,13H2,(H,15,16)/t10-,11+/m1/s1. The summed E-state index contributed by atoms with van der Waals surface area (Å²) in [6, 6.07) is 9.94. The minimum Gasteiger partial charge on any atom is -0.465 e. The minimum atomic E-state index is -0.854. The first kappa shape index (κ1) is 11.0. The molecule has 1 aliphatic rings. The van der Waals surface area contributed by atoms with Gasteiger partial charge in [-0.15, -0.1) is 0 Å². The summed E-state index contributed by atoms with van der Waals surface area (Å²) in [5.74, 6) is 0.117. The molecule has 1 aromatic carbocycles. The summed E-state index contributed by atoms with van der Waals surface area (Å²) >= 11 is 0. The maximum atomic E-state index is 10.9. The molecular formula is C12H16N2O2. The number of likely N-dealkylation sites (tertiary alicyclic amines) is 1. The normalized spacial score (nSPS) is 25.4. The second-order valence-electron chi connectivity index (χ2n) is 4.20. The predicted octanol–water partition coefficient (Wildman–Crippen LogP) is 1.48. The van der Waals surface area contributed by atoms with Crippen LogP contribution in [0.2, 0.25) is 0 Å². The van der Waals surface area contributed by atoms with E-state index in [-0.39, 0.29) is 12.0 Å². The number of benzene rings is 1. The van der Waals surface area contributed by atoms with Gasteiger partial charge in [0.05, 0.1) is 0 Å². The van der Waals surface area contributed by atoms with E-state index in [1.54, 1.807) is 0 Å². The first-order valence-electron chi connectivity index (χ1n) is 5.47. The van der Waals surface area contributed by atoms with E-state index in [0.717, 1.165) is 12.0 Å². The van der Waals surface area contributed by atoms with Gasteiger partial charge in [-0.2, -0.15) is 0 Å². The molecule has 0 saturated carbocycles. The van der Waals surface area contributed by atoms with Crippen LogP contribution in [0.3, 0.4) is 0 Å². The van der Waals surface area contributed by atoms with Gasteiger partial charge in [0, 0.05) is 25.0 Å². The number of hydrogen-bond donors (Lipinski definition) is 2.